The van der Waals surface area contributed by atoms with E-state index < -0.39 is 6.10 Å². The van der Waals surface area contributed by atoms with Crippen LogP contribution < -0.4 is 0 Å². The maximum absolute atomic E-state index is 12.9. The van der Waals surface area contributed by atoms with E-state index in [1.165, 1.54) is 167 Å². The van der Waals surface area contributed by atoms with Crippen molar-refractivity contribution >= 4 is 17.9 Å². The lowest BCUT2D eigenvalue weighted by atomic mass is 10.1. The third-order valence-corrected chi connectivity index (χ3v) is 14.5. The largest absolute Gasteiger partial charge is 0.462 e. The Morgan fingerprint density at radius 2 is 0.487 bits per heavy atom. The summed E-state index contributed by atoms with van der Waals surface area (Å²) in [6.07, 6.45) is 92.4. The summed E-state index contributed by atoms with van der Waals surface area (Å²) in [6.45, 7) is 6.52. The number of hydrogen-bond donors (Lipinski definition) is 0. The van der Waals surface area contributed by atoms with Crippen molar-refractivity contribution in [2.24, 2.45) is 0 Å². The van der Waals surface area contributed by atoms with Crippen LogP contribution in [0.5, 0.6) is 0 Å². The number of rotatable bonds is 61. The van der Waals surface area contributed by atoms with Crippen molar-refractivity contribution < 1.29 is 28.6 Å². The average Bonchev–Trinajstić information content (AvgIpc) is 3.46. The zero-order chi connectivity index (χ0) is 57.8. The van der Waals surface area contributed by atoms with Crippen LogP contribution in [0.4, 0.5) is 0 Å². The number of allylic oxidation sites excluding steroid dienone is 18. The van der Waals surface area contributed by atoms with Crippen molar-refractivity contribution in [1.82, 2.24) is 0 Å². The fraction of sp³-hybridized carbons (Fsp3) is 0.716. The first kappa shape index (κ1) is 76.1. The molecule has 6 heteroatoms. The number of unbranched alkanes of at least 4 members (excludes halogenated alkanes) is 32. The first-order valence-electron chi connectivity index (χ1n) is 33.9. The van der Waals surface area contributed by atoms with Crippen LogP contribution in [0, 0.1) is 0 Å². The smallest absolute Gasteiger partial charge is 0.306 e. The van der Waals surface area contributed by atoms with Gasteiger partial charge in [-0.25, -0.2) is 0 Å². The summed E-state index contributed by atoms with van der Waals surface area (Å²) in [5.74, 6) is -0.896. The summed E-state index contributed by atoms with van der Waals surface area (Å²) in [6, 6.07) is 0. The molecule has 0 aliphatic heterocycles. The summed E-state index contributed by atoms with van der Waals surface area (Å²) in [5.41, 5.74) is 0. The lowest BCUT2D eigenvalue weighted by molar-refractivity contribution is -0.167. The number of hydrogen-bond acceptors (Lipinski definition) is 6. The SMILES string of the molecule is CC/C=C\C/C=C\C/C=C\C/C=C\C/C=C\C/C=C\CCCCCCCCCCC(=O)OCC(COC(=O)CCCCCCC/C=C\CCCCCCC)OC(=O)CCCCCCCCCCC/C=C\C/C=C\CCCCCCC. The van der Waals surface area contributed by atoms with Gasteiger partial charge in [-0.1, -0.05) is 284 Å². The van der Waals surface area contributed by atoms with Crippen molar-refractivity contribution in [1.29, 1.82) is 0 Å². The Morgan fingerprint density at radius 3 is 0.775 bits per heavy atom. The van der Waals surface area contributed by atoms with Crippen LogP contribution >= 0.6 is 0 Å². The van der Waals surface area contributed by atoms with Gasteiger partial charge >= 0.3 is 17.9 Å². The van der Waals surface area contributed by atoms with Gasteiger partial charge in [0.05, 0.1) is 0 Å². The topological polar surface area (TPSA) is 78.9 Å². The van der Waals surface area contributed by atoms with E-state index in [9.17, 15) is 14.4 Å². The summed E-state index contributed by atoms with van der Waals surface area (Å²) in [7, 11) is 0. The van der Waals surface area contributed by atoms with E-state index in [-0.39, 0.29) is 31.1 Å². The quantitative estimate of drug-likeness (QED) is 0.0261. The fourth-order valence-electron chi connectivity index (χ4n) is 9.41. The second kappa shape index (κ2) is 67.6. The number of esters is 3. The van der Waals surface area contributed by atoms with Crippen LogP contribution in [0.3, 0.4) is 0 Å². The maximum Gasteiger partial charge on any atom is 0.306 e. The Bertz CT molecular complexity index is 1610. The van der Waals surface area contributed by atoms with Gasteiger partial charge in [0.2, 0.25) is 0 Å². The maximum atomic E-state index is 12.9. The molecule has 0 heterocycles. The van der Waals surface area contributed by atoms with Gasteiger partial charge in [0.1, 0.15) is 13.2 Å². The van der Waals surface area contributed by atoms with Gasteiger partial charge in [-0.3, -0.25) is 14.4 Å². The molecule has 80 heavy (non-hydrogen) atoms. The highest BCUT2D eigenvalue weighted by molar-refractivity contribution is 5.71. The molecule has 0 N–H and O–H groups in total. The molecule has 6 nitrogen and oxygen atoms in total. The van der Waals surface area contributed by atoms with E-state index in [4.69, 9.17) is 14.2 Å². The third kappa shape index (κ3) is 64.9. The van der Waals surface area contributed by atoms with Gasteiger partial charge in [-0.15, -0.1) is 0 Å². The Hall–Kier alpha value is -3.93. The fourth-order valence-corrected chi connectivity index (χ4v) is 9.41. The third-order valence-electron chi connectivity index (χ3n) is 14.5. The van der Waals surface area contributed by atoms with Crippen molar-refractivity contribution in [2.45, 2.75) is 329 Å². The van der Waals surface area contributed by atoms with E-state index in [0.717, 1.165) is 116 Å². The Kier molecular flexibility index (Phi) is 64.3. The van der Waals surface area contributed by atoms with E-state index in [0.29, 0.717) is 19.3 Å². The molecular weight excluding hydrogens is 985 g/mol. The minimum Gasteiger partial charge on any atom is -0.462 e. The minimum atomic E-state index is -0.790. The molecule has 0 saturated carbocycles. The van der Waals surface area contributed by atoms with Crippen LogP contribution in [-0.4, -0.2) is 37.2 Å². The lowest BCUT2D eigenvalue weighted by Crippen LogP contribution is -2.30. The molecule has 0 fully saturated rings. The molecule has 0 aliphatic carbocycles. The highest BCUT2D eigenvalue weighted by Gasteiger charge is 2.19. The van der Waals surface area contributed by atoms with Crippen LogP contribution in [0.2, 0.25) is 0 Å². The molecule has 0 rings (SSSR count). The highest BCUT2D eigenvalue weighted by Crippen LogP contribution is 2.16. The van der Waals surface area contributed by atoms with Crippen LogP contribution in [0.25, 0.3) is 0 Å². The van der Waals surface area contributed by atoms with Crippen LogP contribution in [0.15, 0.2) is 109 Å². The predicted octanol–water partition coefficient (Wildman–Crippen LogP) is 23.4. The van der Waals surface area contributed by atoms with Crippen molar-refractivity contribution in [3.8, 4) is 0 Å². The number of carbonyl (C=O) groups is 3. The molecule has 0 aromatic heterocycles. The zero-order valence-corrected chi connectivity index (χ0v) is 52.6. The molecule has 0 saturated heterocycles. The molecule has 1 atom stereocenters. The molecule has 458 valence electrons. The van der Waals surface area contributed by atoms with Gasteiger partial charge in [-0.05, 0) is 128 Å². The van der Waals surface area contributed by atoms with Crippen molar-refractivity contribution in [3.63, 3.8) is 0 Å². The summed E-state index contributed by atoms with van der Waals surface area (Å²) in [4.78, 5) is 38.4. The second-order valence-electron chi connectivity index (χ2n) is 22.3. The van der Waals surface area contributed by atoms with E-state index in [2.05, 4.69) is 130 Å². The second-order valence-corrected chi connectivity index (χ2v) is 22.3. The van der Waals surface area contributed by atoms with E-state index >= 15 is 0 Å². The number of carbonyl (C=O) groups excluding carboxylic acids is 3. The van der Waals surface area contributed by atoms with Crippen molar-refractivity contribution in [2.75, 3.05) is 13.2 Å². The molecule has 0 amide bonds. The molecule has 0 aromatic carbocycles. The first-order chi connectivity index (χ1) is 39.5. The molecule has 0 radical (unpaired) electrons. The molecule has 1 unspecified atom stereocenters. The molecular formula is C74H126O6. The van der Waals surface area contributed by atoms with Gasteiger partial charge in [-0.2, -0.15) is 0 Å². The summed E-state index contributed by atoms with van der Waals surface area (Å²) >= 11 is 0. The van der Waals surface area contributed by atoms with Gasteiger partial charge < -0.3 is 14.2 Å². The Morgan fingerprint density at radius 1 is 0.263 bits per heavy atom. The Balaban J connectivity index is 4.36. The lowest BCUT2D eigenvalue weighted by Gasteiger charge is -2.18. The highest BCUT2D eigenvalue weighted by atomic mass is 16.6. The van der Waals surface area contributed by atoms with Gasteiger partial charge in [0.25, 0.3) is 0 Å². The first-order valence-corrected chi connectivity index (χ1v) is 33.9. The van der Waals surface area contributed by atoms with Crippen molar-refractivity contribution in [3.05, 3.63) is 109 Å². The number of ether oxygens (including phenoxy) is 3. The molecule has 0 aromatic rings. The normalized spacial score (nSPS) is 12.8. The summed E-state index contributed by atoms with van der Waals surface area (Å²) < 4.78 is 17.0. The van der Waals surface area contributed by atoms with E-state index in [1.807, 2.05) is 0 Å². The summed E-state index contributed by atoms with van der Waals surface area (Å²) in [5, 5.41) is 0. The minimum absolute atomic E-state index is 0.0862. The zero-order valence-electron chi connectivity index (χ0n) is 52.6. The van der Waals surface area contributed by atoms with Gasteiger partial charge in [0.15, 0.2) is 6.10 Å². The van der Waals surface area contributed by atoms with Crippen LogP contribution in [-0.2, 0) is 28.6 Å². The monoisotopic (exact) mass is 1110 g/mol. The molecule has 0 spiro atoms. The van der Waals surface area contributed by atoms with Crippen LogP contribution in [0.1, 0.15) is 323 Å². The Labute approximate surface area is 495 Å². The average molecular weight is 1110 g/mol. The molecule has 0 aliphatic rings. The van der Waals surface area contributed by atoms with E-state index in [1.54, 1.807) is 0 Å². The van der Waals surface area contributed by atoms with Gasteiger partial charge in [0, 0.05) is 19.3 Å². The predicted molar refractivity (Wildman–Crippen MR) is 348 cm³/mol. The molecule has 0 bridgehead atoms. The standard InChI is InChI=1S/C74H126O6/c1-4-7-10-13-16-19-22-25-28-30-32-34-35-36-37-38-39-41-42-44-46-49-52-55-58-61-64-67-73(76)79-70-71(69-78-72(75)66-63-60-57-54-51-48-27-24-21-18-15-12-9-6-3)80-74(77)68-65-62-59-56-53-50-47-45-43-40-33-31-29-26-23-20-17-14-11-8-5-2/h7,10,16,19,23-28,31-34,36-37,39,41,71H,4-6,8-9,11-15,17-18,20-22,29-30,35,38,40,42-70H2,1-3H3/b10-7-,19-16-,26-23-,27-24-,28-25-,33-31-,34-32-,37-36-,41-39-.